The Morgan fingerprint density at radius 3 is 2.26 bits per heavy atom. The van der Waals surface area contributed by atoms with Crippen molar-refractivity contribution in [1.82, 2.24) is 0 Å². The second kappa shape index (κ2) is 9.84. The lowest BCUT2D eigenvalue weighted by molar-refractivity contribution is 0.262. The minimum Gasteiger partial charge on any atom is -0.491 e. The van der Waals surface area contributed by atoms with Crippen molar-refractivity contribution in [2.24, 2.45) is 0 Å². The molecule has 0 aromatic heterocycles. The van der Waals surface area contributed by atoms with Crippen LogP contribution in [0.15, 0.2) is 97.1 Å². The van der Waals surface area contributed by atoms with Crippen LogP contribution in [0.4, 0.5) is 16.2 Å². The molecule has 0 fully saturated rings. The molecule has 4 aromatic carbocycles. The first-order valence-corrected chi connectivity index (χ1v) is 11.7. The Labute approximate surface area is 200 Å². The smallest absolute Gasteiger partial charge is 0.323 e. The fraction of sp³-hybridized carbons (Fsp3) is 0.167. The van der Waals surface area contributed by atoms with Gasteiger partial charge in [0.2, 0.25) is 0 Å². The molecule has 0 saturated heterocycles. The van der Waals surface area contributed by atoms with Crippen LogP contribution in [-0.4, -0.2) is 12.6 Å². The average molecular weight is 449 g/mol. The third kappa shape index (κ3) is 4.81. The molecule has 4 aromatic rings. The lowest BCUT2D eigenvalue weighted by Crippen LogP contribution is -2.20. The first-order chi connectivity index (χ1) is 16.7. The van der Waals surface area contributed by atoms with Crippen LogP contribution in [0.2, 0.25) is 0 Å². The van der Waals surface area contributed by atoms with Crippen molar-refractivity contribution < 1.29 is 9.53 Å². The number of urea groups is 1. The van der Waals surface area contributed by atoms with E-state index in [1.807, 2.05) is 61.5 Å². The van der Waals surface area contributed by atoms with Crippen molar-refractivity contribution in [3.8, 4) is 16.9 Å². The molecular formula is C30H28N2O2. The molecule has 1 atom stereocenters. The average Bonchev–Trinajstić information content (AvgIpc) is 3.09. The number of carbonyl (C=O) groups is 1. The van der Waals surface area contributed by atoms with Crippen LogP contribution in [0, 0.1) is 6.92 Å². The van der Waals surface area contributed by atoms with Gasteiger partial charge in [0, 0.05) is 17.2 Å². The first kappa shape index (κ1) is 21.8. The normalized spacial score (nSPS) is 14.9. The fourth-order valence-electron chi connectivity index (χ4n) is 4.53. The van der Waals surface area contributed by atoms with Gasteiger partial charge in [-0.15, -0.1) is 0 Å². The minimum atomic E-state index is -0.291. The van der Waals surface area contributed by atoms with Crippen LogP contribution < -0.4 is 15.4 Å². The molecule has 1 aliphatic rings. The highest BCUT2D eigenvalue weighted by atomic mass is 16.5. The molecule has 0 saturated carbocycles. The van der Waals surface area contributed by atoms with Crippen LogP contribution in [0.3, 0.4) is 0 Å². The molecule has 2 N–H and O–H groups in total. The number of amides is 2. The summed E-state index contributed by atoms with van der Waals surface area (Å²) in [6.45, 7) is 2.64. The van der Waals surface area contributed by atoms with Crippen molar-refractivity contribution in [3.63, 3.8) is 0 Å². The summed E-state index contributed by atoms with van der Waals surface area (Å²) in [5.41, 5.74) is 7.09. The molecule has 2 amide bonds. The van der Waals surface area contributed by atoms with E-state index in [0.29, 0.717) is 12.3 Å². The van der Waals surface area contributed by atoms with E-state index in [1.54, 1.807) is 0 Å². The van der Waals surface area contributed by atoms with E-state index >= 15 is 0 Å². The van der Waals surface area contributed by atoms with Gasteiger partial charge in [0.05, 0.1) is 12.3 Å². The zero-order valence-electron chi connectivity index (χ0n) is 19.3. The Hall–Kier alpha value is -4.05. The van der Waals surface area contributed by atoms with Crippen LogP contribution in [0.5, 0.6) is 5.75 Å². The van der Waals surface area contributed by atoms with Gasteiger partial charge in [0.25, 0.3) is 0 Å². The van der Waals surface area contributed by atoms with Crippen molar-refractivity contribution in [1.29, 1.82) is 0 Å². The van der Waals surface area contributed by atoms with Crippen LogP contribution in [0.1, 0.15) is 35.4 Å². The number of rotatable bonds is 4. The maximum absolute atomic E-state index is 13.0. The van der Waals surface area contributed by atoms with Crippen molar-refractivity contribution in [2.75, 3.05) is 17.2 Å². The number of hydrogen-bond acceptors (Lipinski definition) is 2. The van der Waals surface area contributed by atoms with Crippen LogP contribution in [-0.2, 0) is 0 Å². The molecule has 170 valence electrons. The summed E-state index contributed by atoms with van der Waals surface area (Å²) < 4.78 is 6.25. The molecule has 4 nitrogen and oxygen atoms in total. The van der Waals surface area contributed by atoms with Crippen LogP contribution in [0.25, 0.3) is 11.1 Å². The lowest BCUT2D eigenvalue weighted by atomic mass is 9.85. The van der Waals surface area contributed by atoms with Crippen molar-refractivity contribution in [3.05, 3.63) is 114 Å². The molecular weight excluding hydrogens is 420 g/mol. The Morgan fingerprint density at radius 2 is 1.53 bits per heavy atom. The predicted octanol–water partition coefficient (Wildman–Crippen LogP) is 7.61. The quantitative estimate of drug-likeness (QED) is 0.337. The van der Waals surface area contributed by atoms with Gasteiger partial charge >= 0.3 is 6.03 Å². The summed E-state index contributed by atoms with van der Waals surface area (Å²) in [7, 11) is 0. The maximum Gasteiger partial charge on any atom is 0.323 e. The van der Waals surface area contributed by atoms with Gasteiger partial charge in [0.15, 0.2) is 0 Å². The third-order valence-electron chi connectivity index (χ3n) is 6.24. The molecule has 1 aliphatic heterocycles. The maximum atomic E-state index is 13.0. The number of ether oxygens (including phenoxy) is 1. The predicted molar refractivity (Wildman–Crippen MR) is 139 cm³/mol. The number of carbonyl (C=O) groups excluding carboxylic acids is 1. The lowest BCUT2D eigenvalue weighted by Gasteiger charge is -2.21. The molecule has 0 spiro atoms. The van der Waals surface area contributed by atoms with E-state index in [9.17, 15) is 4.79 Å². The number of benzene rings is 4. The number of hydrogen-bond donors (Lipinski definition) is 2. The van der Waals surface area contributed by atoms with Crippen LogP contribution >= 0.6 is 0 Å². The van der Waals surface area contributed by atoms with Gasteiger partial charge in [-0.2, -0.15) is 0 Å². The monoisotopic (exact) mass is 448 g/mol. The van der Waals surface area contributed by atoms with E-state index in [2.05, 4.69) is 53.1 Å². The van der Waals surface area contributed by atoms with E-state index in [-0.39, 0.29) is 11.9 Å². The fourth-order valence-corrected chi connectivity index (χ4v) is 4.53. The summed E-state index contributed by atoms with van der Waals surface area (Å²) in [5, 5.41) is 6.00. The Morgan fingerprint density at radius 1 is 0.824 bits per heavy atom. The molecule has 0 bridgehead atoms. The van der Waals surface area contributed by atoms with E-state index < -0.39 is 0 Å². The second-order valence-electron chi connectivity index (χ2n) is 8.71. The highest BCUT2D eigenvalue weighted by molar-refractivity contribution is 6.01. The molecule has 4 heteroatoms. The van der Waals surface area contributed by atoms with Crippen molar-refractivity contribution >= 4 is 17.4 Å². The Balaban J connectivity index is 1.56. The van der Waals surface area contributed by atoms with E-state index in [0.717, 1.165) is 46.5 Å². The topological polar surface area (TPSA) is 50.4 Å². The van der Waals surface area contributed by atoms with Gasteiger partial charge in [-0.25, -0.2) is 4.79 Å². The highest BCUT2D eigenvalue weighted by Gasteiger charge is 2.25. The SMILES string of the molecule is Cc1ccc(NC(=O)Nc2cc(-c3ccccc3)cc3c2OCCCC3c2ccccc2)cc1. The summed E-state index contributed by atoms with van der Waals surface area (Å²) in [5.74, 6) is 0.952. The van der Waals surface area contributed by atoms with E-state index in [1.165, 1.54) is 5.56 Å². The third-order valence-corrected chi connectivity index (χ3v) is 6.24. The molecule has 34 heavy (non-hydrogen) atoms. The van der Waals surface area contributed by atoms with Gasteiger partial charge in [0.1, 0.15) is 5.75 Å². The van der Waals surface area contributed by atoms with Crippen molar-refractivity contribution in [2.45, 2.75) is 25.7 Å². The van der Waals surface area contributed by atoms with Gasteiger partial charge in [-0.1, -0.05) is 78.4 Å². The second-order valence-corrected chi connectivity index (χ2v) is 8.71. The summed E-state index contributed by atoms with van der Waals surface area (Å²) in [4.78, 5) is 13.0. The molecule has 1 unspecified atom stereocenters. The highest BCUT2D eigenvalue weighted by Crippen LogP contribution is 2.44. The standard InChI is InChI=1S/C30H28N2O2/c1-21-14-16-25(17-15-21)31-30(33)32-28-20-24(22-9-4-2-5-10-22)19-27-26(13-8-18-34-29(27)28)23-11-6-3-7-12-23/h2-7,9-12,14-17,19-20,26H,8,13,18H2,1H3,(H2,31,32,33). The number of anilines is 2. The largest absolute Gasteiger partial charge is 0.491 e. The van der Waals surface area contributed by atoms with Gasteiger partial charge in [-0.05, 0) is 60.7 Å². The zero-order chi connectivity index (χ0) is 23.3. The summed E-state index contributed by atoms with van der Waals surface area (Å²) in [6.07, 6.45) is 1.94. The first-order valence-electron chi connectivity index (χ1n) is 11.7. The molecule has 0 aliphatic carbocycles. The number of nitrogens with one attached hydrogen (secondary N) is 2. The van der Waals surface area contributed by atoms with Gasteiger partial charge in [-0.3, -0.25) is 0 Å². The Bertz CT molecular complexity index is 1270. The number of fused-ring (bicyclic) bond motifs is 1. The summed E-state index contributed by atoms with van der Waals surface area (Å²) >= 11 is 0. The zero-order valence-corrected chi connectivity index (χ0v) is 19.3. The minimum absolute atomic E-state index is 0.197. The van der Waals surface area contributed by atoms with Gasteiger partial charge < -0.3 is 15.4 Å². The molecule has 5 rings (SSSR count). The Kier molecular flexibility index (Phi) is 6.30. The summed E-state index contributed by atoms with van der Waals surface area (Å²) in [6, 6.07) is 32.5. The molecule has 1 heterocycles. The number of aryl methyl sites for hydroxylation is 1. The van der Waals surface area contributed by atoms with E-state index in [4.69, 9.17) is 4.74 Å². The molecule has 0 radical (unpaired) electrons.